The van der Waals surface area contributed by atoms with Crippen molar-refractivity contribution in [2.24, 2.45) is 0 Å². The zero-order chi connectivity index (χ0) is 23.7. The van der Waals surface area contributed by atoms with Crippen LogP contribution in [-0.2, 0) is 14.8 Å². The Labute approximate surface area is 200 Å². The summed E-state index contributed by atoms with van der Waals surface area (Å²) in [7, 11) is -3.64. The molecular formula is C23H22N4O5S2. The quantitative estimate of drug-likeness (QED) is 0.304. The number of Topliss-reactive ketones (excluding diaryl/α,β-unsaturated/α-hetero) is 1. The first kappa shape index (κ1) is 22.8. The van der Waals surface area contributed by atoms with E-state index in [0.717, 1.165) is 28.4 Å². The van der Waals surface area contributed by atoms with Gasteiger partial charge in [-0.15, -0.1) is 10.2 Å². The summed E-state index contributed by atoms with van der Waals surface area (Å²) in [6.45, 7) is 3.26. The fourth-order valence-electron chi connectivity index (χ4n) is 3.95. The predicted octanol–water partition coefficient (Wildman–Crippen LogP) is 3.52. The smallest absolute Gasteiger partial charge is 0.277 e. The van der Waals surface area contributed by atoms with E-state index in [1.165, 1.54) is 10.4 Å². The largest absolute Gasteiger partial charge is 0.411 e. The van der Waals surface area contributed by atoms with Crippen LogP contribution in [0.5, 0.6) is 0 Å². The lowest BCUT2D eigenvalue weighted by Gasteiger charge is -2.26. The second-order valence-electron chi connectivity index (χ2n) is 7.80. The zero-order valence-corrected chi connectivity index (χ0v) is 20.0. The summed E-state index contributed by atoms with van der Waals surface area (Å²) >= 11 is 1.15. The fourth-order valence-corrected chi connectivity index (χ4v) is 6.04. The lowest BCUT2D eigenvalue weighted by Crippen LogP contribution is -2.40. The molecule has 0 spiro atoms. The Balaban J connectivity index is 1.31. The molecular weight excluding hydrogens is 476 g/mol. The number of aromatic nitrogens is 3. The molecule has 9 nitrogen and oxygen atoms in total. The lowest BCUT2D eigenvalue weighted by atomic mass is 10.1. The monoisotopic (exact) mass is 498 g/mol. The molecule has 34 heavy (non-hydrogen) atoms. The van der Waals surface area contributed by atoms with Crippen LogP contribution >= 0.6 is 11.8 Å². The third-order valence-corrected chi connectivity index (χ3v) is 8.31. The Morgan fingerprint density at radius 1 is 1.12 bits per heavy atom. The van der Waals surface area contributed by atoms with Crippen LogP contribution in [0.15, 0.2) is 63.1 Å². The molecule has 1 N–H and O–H groups in total. The van der Waals surface area contributed by atoms with Gasteiger partial charge in [0.25, 0.3) is 5.22 Å². The van der Waals surface area contributed by atoms with Gasteiger partial charge in [-0.05, 0) is 31.2 Å². The molecule has 1 saturated heterocycles. The van der Waals surface area contributed by atoms with E-state index in [-0.39, 0.29) is 27.5 Å². The molecule has 176 valence electrons. The Morgan fingerprint density at radius 2 is 1.91 bits per heavy atom. The maximum atomic E-state index is 12.9. The fraction of sp³-hybridized carbons (Fsp3) is 0.261. The number of hydrogen-bond donors (Lipinski definition) is 1. The Bertz CT molecular complexity index is 1460. The second kappa shape index (κ2) is 9.34. The molecule has 0 saturated carbocycles. The number of thioether (sulfide) groups is 1. The van der Waals surface area contributed by atoms with E-state index >= 15 is 0 Å². The number of morpholine rings is 1. The van der Waals surface area contributed by atoms with Crippen LogP contribution in [0.25, 0.3) is 22.4 Å². The topological polar surface area (TPSA) is 118 Å². The maximum absolute atomic E-state index is 12.9. The van der Waals surface area contributed by atoms with Crippen LogP contribution in [-0.4, -0.2) is 65.7 Å². The molecule has 2 aromatic carbocycles. The van der Waals surface area contributed by atoms with E-state index in [2.05, 4.69) is 15.2 Å². The average molecular weight is 499 g/mol. The SMILES string of the molecule is Cc1[nH]c2ccccc2c1C(=O)CSc1nnc(-c2cccc(S(=O)(=O)N3CCOCC3)c2)o1. The van der Waals surface area contributed by atoms with Crippen molar-refractivity contribution in [3.63, 3.8) is 0 Å². The molecule has 4 aromatic rings. The molecule has 0 radical (unpaired) electrons. The van der Waals surface area contributed by atoms with Crippen LogP contribution in [0.3, 0.4) is 0 Å². The van der Waals surface area contributed by atoms with Crippen molar-refractivity contribution in [3.05, 3.63) is 59.8 Å². The highest BCUT2D eigenvalue weighted by Gasteiger charge is 2.27. The first-order chi connectivity index (χ1) is 16.4. The minimum Gasteiger partial charge on any atom is -0.411 e. The first-order valence-corrected chi connectivity index (χ1v) is 13.1. The molecule has 0 atom stereocenters. The number of carbonyl (C=O) groups excluding carboxylic acids is 1. The van der Waals surface area contributed by atoms with Gasteiger partial charge in [0.15, 0.2) is 5.78 Å². The molecule has 5 rings (SSSR count). The standard InChI is InChI=1S/C23H22N4O5S2/c1-15-21(18-7-2-3-8-19(18)24-15)20(28)14-33-23-26-25-22(32-23)16-5-4-6-17(13-16)34(29,30)27-9-11-31-12-10-27/h2-8,13,24H,9-12,14H2,1H3. The molecule has 1 fully saturated rings. The lowest BCUT2D eigenvalue weighted by molar-refractivity contribution is 0.0730. The van der Waals surface area contributed by atoms with Crippen molar-refractivity contribution >= 4 is 38.5 Å². The maximum Gasteiger partial charge on any atom is 0.277 e. The minimum absolute atomic E-state index is 0.0432. The van der Waals surface area contributed by atoms with Gasteiger partial charge in [-0.3, -0.25) is 4.79 Å². The number of rotatable bonds is 7. The minimum atomic E-state index is -3.64. The van der Waals surface area contributed by atoms with Crippen LogP contribution in [0, 0.1) is 6.92 Å². The summed E-state index contributed by atoms with van der Waals surface area (Å²) in [6.07, 6.45) is 0. The molecule has 0 aliphatic carbocycles. The number of fused-ring (bicyclic) bond motifs is 1. The van der Waals surface area contributed by atoms with Gasteiger partial charge in [-0.2, -0.15) is 4.31 Å². The van der Waals surface area contributed by atoms with Gasteiger partial charge < -0.3 is 14.1 Å². The third kappa shape index (κ3) is 4.39. The average Bonchev–Trinajstić information content (AvgIpc) is 3.47. The Hall–Kier alpha value is -2.99. The van der Waals surface area contributed by atoms with Crippen molar-refractivity contribution in [1.82, 2.24) is 19.5 Å². The highest BCUT2D eigenvalue weighted by molar-refractivity contribution is 7.99. The summed E-state index contributed by atoms with van der Waals surface area (Å²) in [4.78, 5) is 16.3. The van der Waals surface area contributed by atoms with Gasteiger partial charge in [-0.25, -0.2) is 8.42 Å². The second-order valence-corrected chi connectivity index (χ2v) is 10.7. The van der Waals surface area contributed by atoms with Gasteiger partial charge >= 0.3 is 0 Å². The number of carbonyl (C=O) groups is 1. The number of ketones is 1. The number of aryl methyl sites for hydroxylation is 1. The number of para-hydroxylation sites is 1. The van der Waals surface area contributed by atoms with Crippen molar-refractivity contribution in [2.75, 3.05) is 32.1 Å². The summed E-state index contributed by atoms with van der Waals surface area (Å²) in [5.74, 6) is 0.283. The zero-order valence-electron chi connectivity index (χ0n) is 18.4. The number of ether oxygens (including phenoxy) is 1. The number of nitrogens with one attached hydrogen (secondary N) is 1. The number of nitrogens with zero attached hydrogens (tertiary/aromatic N) is 3. The van der Waals surface area contributed by atoms with E-state index in [1.54, 1.807) is 18.2 Å². The summed E-state index contributed by atoms with van der Waals surface area (Å²) in [5, 5.41) is 9.19. The van der Waals surface area contributed by atoms with E-state index in [0.29, 0.717) is 37.4 Å². The van der Waals surface area contributed by atoms with E-state index in [4.69, 9.17) is 9.15 Å². The van der Waals surface area contributed by atoms with E-state index in [9.17, 15) is 13.2 Å². The Morgan fingerprint density at radius 3 is 2.74 bits per heavy atom. The number of aromatic amines is 1. The van der Waals surface area contributed by atoms with Gasteiger partial charge in [0, 0.05) is 40.8 Å². The van der Waals surface area contributed by atoms with Crippen LogP contribution in [0.1, 0.15) is 16.1 Å². The third-order valence-electron chi connectivity index (χ3n) is 5.59. The van der Waals surface area contributed by atoms with Gasteiger partial charge in [0.05, 0.1) is 23.9 Å². The molecule has 0 amide bonds. The van der Waals surface area contributed by atoms with Gasteiger partial charge in [-0.1, -0.05) is 36.0 Å². The summed E-state index contributed by atoms with van der Waals surface area (Å²) in [6, 6.07) is 14.1. The van der Waals surface area contributed by atoms with Crippen LogP contribution in [0.2, 0.25) is 0 Å². The molecule has 2 aromatic heterocycles. The van der Waals surface area contributed by atoms with Gasteiger partial charge in [0.1, 0.15) is 0 Å². The van der Waals surface area contributed by atoms with Crippen molar-refractivity contribution in [3.8, 4) is 11.5 Å². The number of sulfonamides is 1. The number of benzene rings is 2. The predicted molar refractivity (Wildman–Crippen MR) is 127 cm³/mol. The molecule has 1 aliphatic rings. The summed E-state index contributed by atoms with van der Waals surface area (Å²) < 4.78 is 38.3. The first-order valence-electron chi connectivity index (χ1n) is 10.7. The highest BCUT2D eigenvalue weighted by atomic mass is 32.2. The number of hydrogen-bond acceptors (Lipinski definition) is 8. The molecule has 0 bridgehead atoms. The molecule has 0 unspecified atom stereocenters. The van der Waals surface area contributed by atoms with Crippen molar-refractivity contribution in [1.29, 1.82) is 0 Å². The normalized spacial score (nSPS) is 15.1. The molecule has 1 aliphatic heterocycles. The van der Waals surface area contributed by atoms with E-state index in [1.807, 2.05) is 31.2 Å². The summed E-state index contributed by atoms with van der Waals surface area (Å²) in [5.41, 5.74) is 2.88. The van der Waals surface area contributed by atoms with Crippen molar-refractivity contribution in [2.45, 2.75) is 17.0 Å². The van der Waals surface area contributed by atoms with Gasteiger partial charge in [0.2, 0.25) is 15.9 Å². The Kier molecular flexibility index (Phi) is 6.26. The molecule has 3 heterocycles. The molecule has 11 heteroatoms. The highest BCUT2D eigenvalue weighted by Crippen LogP contribution is 2.28. The number of H-pyrrole nitrogens is 1. The van der Waals surface area contributed by atoms with E-state index < -0.39 is 10.0 Å². The van der Waals surface area contributed by atoms with Crippen molar-refractivity contribution < 1.29 is 22.4 Å². The van der Waals surface area contributed by atoms with Crippen LogP contribution in [0.4, 0.5) is 0 Å². The van der Waals surface area contributed by atoms with Crippen LogP contribution < -0.4 is 0 Å².